The maximum absolute atomic E-state index is 13.2. The van der Waals surface area contributed by atoms with Crippen LogP contribution in [0.5, 0.6) is 5.75 Å². The molecule has 1 amide bonds. The first-order valence-corrected chi connectivity index (χ1v) is 12.2. The van der Waals surface area contributed by atoms with Crippen LogP contribution in [0.1, 0.15) is 42.6 Å². The van der Waals surface area contributed by atoms with Gasteiger partial charge in [-0.15, -0.1) is 0 Å². The number of carbonyl (C=O) groups excluding carboxylic acids is 1. The monoisotopic (exact) mass is 498 g/mol. The first kappa shape index (κ1) is 24.3. The fraction of sp³-hybridized carbons (Fsp3) is 0.435. The average Bonchev–Trinajstić information content (AvgIpc) is 2.74. The van der Waals surface area contributed by atoms with Crippen LogP contribution in [0.15, 0.2) is 42.5 Å². The second kappa shape index (κ2) is 8.77. The van der Waals surface area contributed by atoms with E-state index >= 15 is 0 Å². The van der Waals surface area contributed by atoms with Gasteiger partial charge in [-0.05, 0) is 50.2 Å². The summed E-state index contributed by atoms with van der Waals surface area (Å²) in [6.45, 7) is 7.39. The molecule has 0 saturated carbocycles. The zero-order valence-electron chi connectivity index (χ0n) is 18.9. The number of hydrogen-bond donors (Lipinski definition) is 0. The van der Waals surface area contributed by atoms with E-state index in [-0.39, 0.29) is 29.9 Å². The zero-order valence-corrected chi connectivity index (χ0v) is 19.7. The molecular formula is C23H25F3N2O5S. The number of morpholine rings is 1. The Labute approximate surface area is 196 Å². The number of alkyl halides is 3. The van der Waals surface area contributed by atoms with Crippen molar-refractivity contribution in [2.45, 2.75) is 44.4 Å². The minimum atomic E-state index is -5.85. The van der Waals surface area contributed by atoms with Gasteiger partial charge in [0.1, 0.15) is 5.75 Å². The van der Waals surface area contributed by atoms with E-state index in [1.54, 1.807) is 6.92 Å². The molecule has 0 bridgehead atoms. The van der Waals surface area contributed by atoms with E-state index in [1.807, 2.05) is 38.1 Å². The number of anilines is 2. The molecule has 2 aliphatic rings. The summed E-state index contributed by atoms with van der Waals surface area (Å²) < 4.78 is 71.7. The molecular weight excluding hydrogens is 473 g/mol. The quantitative estimate of drug-likeness (QED) is 0.463. The molecule has 2 aromatic carbocycles. The third kappa shape index (κ3) is 4.58. The molecule has 0 aromatic heterocycles. The number of fused-ring (bicyclic) bond motifs is 1. The number of nitrogens with zero attached hydrogens (tertiary/aromatic N) is 2. The van der Waals surface area contributed by atoms with Gasteiger partial charge in [-0.2, -0.15) is 21.6 Å². The average molecular weight is 499 g/mol. The molecule has 0 radical (unpaired) electrons. The summed E-state index contributed by atoms with van der Waals surface area (Å²) in [5.74, 6) is -1.39. The minimum absolute atomic E-state index is 0.0991. The predicted molar refractivity (Wildman–Crippen MR) is 121 cm³/mol. The standard InChI is InChI=1S/C23H25F3N2O5S/c1-14-11-28(18-9-7-17(8-10-18)27-12-15(2)32-16(3)13-27)22(29)19-5-4-6-20(21(14)19)33-34(30,31)23(24,25)26/h4-10,14-16H,11-13H2,1-3H3. The first-order chi connectivity index (χ1) is 15.9. The molecule has 0 N–H and O–H groups in total. The van der Waals surface area contributed by atoms with Gasteiger partial charge in [0, 0.05) is 48.1 Å². The molecule has 1 fully saturated rings. The van der Waals surface area contributed by atoms with Crippen molar-refractivity contribution in [3.63, 3.8) is 0 Å². The van der Waals surface area contributed by atoms with Gasteiger partial charge in [0.05, 0.1) is 12.2 Å². The maximum Gasteiger partial charge on any atom is 0.534 e. The smallest absolute Gasteiger partial charge is 0.376 e. The molecule has 7 nitrogen and oxygen atoms in total. The summed E-state index contributed by atoms with van der Waals surface area (Å²) in [5, 5.41) is 0. The van der Waals surface area contributed by atoms with Gasteiger partial charge in [0.25, 0.3) is 5.91 Å². The first-order valence-electron chi connectivity index (χ1n) is 10.8. The Morgan fingerprint density at radius 3 is 2.12 bits per heavy atom. The largest absolute Gasteiger partial charge is 0.534 e. The van der Waals surface area contributed by atoms with Crippen LogP contribution in [0.4, 0.5) is 24.5 Å². The number of carbonyl (C=O) groups is 1. The number of benzene rings is 2. The van der Waals surface area contributed by atoms with Crippen LogP contribution in [0.3, 0.4) is 0 Å². The Hall–Kier alpha value is -2.79. The molecule has 184 valence electrons. The summed E-state index contributed by atoms with van der Waals surface area (Å²) in [5.41, 5.74) is -3.69. The van der Waals surface area contributed by atoms with Crippen LogP contribution in [-0.2, 0) is 14.9 Å². The fourth-order valence-corrected chi connectivity index (χ4v) is 5.00. The van der Waals surface area contributed by atoms with Crippen molar-refractivity contribution >= 4 is 27.4 Å². The Bertz CT molecular complexity index is 1170. The van der Waals surface area contributed by atoms with Crippen LogP contribution in [-0.4, -0.2) is 51.7 Å². The van der Waals surface area contributed by atoms with Crippen LogP contribution >= 0.6 is 0 Å². The van der Waals surface area contributed by atoms with Gasteiger partial charge in [-0.3, -0.25) is 4.79 Å². The van der Waals surface area contributed by atoms with Gasteiger partial charge >= 0.3 is 15.6 Å². The summed E-state index contributed by atoms with van der Waals surface area (Å²) in [4.78, 5) is 17.0. The second-order valence-electron chi connectivity index (χ2n) is 8.70. The zero-order chi connectivity index (χ0) is 24.8. The topological polar surface area (TPSA) is 76.2 Å². The third-order valence-electron chi connectivity index (χ3n) is 5.92. The molecule has 2 heterocycles. The highest BCUT2D eigenvalue weighted by Crippen LogP contribution is 2.39. The summed E-state index contributed by atoms with van der Waals surface area (Å²) in [6, 6.07) is 11.4. The fourth-order valence-electron chi connectivity index (χ4n) is 4.53. The van der Waals surface area contributed by atoms with E-state index in [0.717, 1.165) is 24.8 Å². The number of rotatable bonds is 4. The molecule has 2 aromatic rings. The molecule has 3 atom stereocenters. The second-order valence-corrected chi connectivity index (χ2v) is 10.2. The number of hydrogen-bond acceptors (Lipinski definition) is 6. The molecule has 0 spiro atoms. The lowest BCUT2D eigenvalue weighted by Crippen LogP contribution is -2.45. The SMILES string of the molecule is CC1CN(c2ccc(N3CC(C)c4c(OS(=O)(=O)C(F)(F)F)cccc4C3=O)cc2)CC(C)O1. The van der Waals surface area contributed by atoms with Gasteiger partial charge in [0.15, 0.2) is 0 Å². The van der Waals surface area contributed by atoms with Crippen LogP contribution < -0.4 is 14.0 Å². The summed E-state index contributed by atoms with van der Waals surface area (Å²) in [6.07, 6.45) is 0.198. The van der Waals surface area contributed by atoms with Crippen molar-refractivity contribution in [3.8, 4) is 5.75 Å². The molecule has 3 unspecified atom stereocenters. The predicted octanol–water partition coefficient (Wildman–Crippen LogP) is 4.29. The summed E-state index contributed by atoms with van der Waals surface area (Å²) >= 11 is 0. The number of halogens is 3. The molecule has 1 saturated heterocycles. The van der Waals surface area contributed by atoms with Crippen molar-refractivity contribution in [3.05, 3.63) is 53.6 Å². The lowest BCUT2D eigenvalue weighted by molar-refractivity contribution is -0.0500. The van der Waals surface area contributed by atoms with Crippen molar-refractivity contribution in [2.24, 2.45) is 0 Å². The van der Waals surface area contributed by atoms with Crippen molar-refractivity contribution in [1.82, 2.24) is 0 Å². The van der Waals surface area contributed by atoms with E-state index in [0.29, 0.717) is 5.69 Å². The number of ether oxygens (including phenoxy) is 1. The molecule has 34 heavy (non-hydrogen) atoms. The van der Waals surface area contributed by atoms with E-state index in [2.05, 4.69) is 9.08 Å². The van der Waals surface area contributed by atoms with E-state index < -0.39 is 33.2 Å². The minimum Gasteiger partial charge on any atom is -0.376 e. The normalized spacial score (nSPS) is 23.6. The Kier molecular flexibility index (Phi) is 6.28. The van der Waals surface area contributed by atoms with Crippen LogP contribution in [0.25, 0.3) is 0 Å². The maximum atomic E-state index is 13.2. The van der Waals surface area contributed by atoms with Crippen LogP contribution in [0, 0.1) is 0 Å². The third-order valence-corrected chi connectivity index (χ3v) is 6.89. The van der Waals surface area contributed by atoms with Crippen molar-refractivity contribution in [1.29, 1.82) is 0 Å². The van der Waals surface area contributed by atoms with Gasteiger partial charge in [0.2, 0.25) is 0 Å². The highest BCUT2D eigenvalue weighted by atomic mass is 32.2. The molecule has 4 rings (SSSR count). The van der Waals surface area contributed by atoms with Crippen LogP contribution in [0.2, 0.25) is 0 Å². The Balaban J connectivity index is 1.60. The number of amides is 1. The van der Waals surface area contributed by atoms with E-state index in [1.165, 1.54) is 17.0 Å². The van der Waals surface area contributed by atoms with E-state index in [9.17, 15) is 26.4 Å². The highest BCUT2D eigenvalue weighted by Gasteiger charge is 2.49. The highest BCUT2D eigenvalue weighted by molar-refractivity contribution is 7.88. The summed E-state index contributed by atoms with van der Waals surface area (Å²) in [7, 11) is -5.85. The molecule has 11 heteroatoms. The van der Waals surface area contributed by atoms with Crippen molar-refractivity contribution in [2.75, 3.05) is 29.4 Å². The van der Waals surface area contributed by atoms with Crippen molar-refractivity contribution < 1.29 is 35.3 Å². The Morgan fingerprint density at radius 1 is 0.941 bits per heavy atom. The van der Waals surface area contributed by atoms with E-state index in [4.69, 9.17) is 4.74 Å². The van der Waals surface area contributed by atoms with Gasteiger partial charge in [-0.1, -0.05) is 13.0 Å². The van der Waals surface area contributed by atoms with Gasteiger partial charge < -0.3 is 18.7 Å². The van der Waals surface area contributed by atoms with Gasteiger partial charge in [-0.25, -0.2) is 0 Å². The lowest BCUT2D eigenvalue weighted by atomic mass is 9.89. The Morgan fingerprint density at radius 2 is 1.53 bits per heavy atom. The lowest BCUT2D eigenvalue weighted by Gasteiger charge is -2.37. The molecule has 2 aliphatic heterocycles. The molecule has 0 aliphatic carbocycles.